The van der Waals surface area contributed by atoms with Crippen LogP contribution in [0.2, 0.25) is 5.02 Å². The molecule has 3 aromatic rings. The van der Waals surface area contributed by atoms with Gasteiger partial charge < -0.3 is 15.2 Å². The lowest BCUT2D eigenvalue weighted by molar-refractivity contribution is 0.0696. The molecule has 2 N–H and O–H groups in total. The number of amides is 1. The molecule has 0 atom stereocenters. The molecule has 0 aliphatic carbocycles. The molecule has 3 rings (SSSR count). The highest BCUT2D eigenvalue weighted by Crippen LogP contribution is 2.23. The average molecular weight is 432 g/mol. The number of carboxylic acid groups (broad SMARTS) is 1. The van der Waals surface area contributed by atoms with E-state index in [4.69, 9.17) is 21.4 Å². The molecule has 0 spiro atoms. The van der Waals surface area contributed by atoms with Crippen LogP contribution in [0.1, 0.15) is 31.8 Å². The third-order valence-electron chi connectivity index (χ3n) is 4.16. The molecule has 3 aromatic carbocycles. The topological polar surface area (TPSA) is 75.6 Å². The van der Waals surface area contributed by atoms with Gasteiger partial charge in [0.05, 0.1) is 16.1 Å². The van der Waals surface area contributed by atoms with Crippen LogP contribution in [-0.2, 0) is 13.2 Å². The number of hydrogen-bond donors (Lipinski definition) is 2. The highest BCUT2D eigenvalue weighted by molar-refractivity contribution is 6.33. The SMILES string of the molecule is O=C(O)c1ccc(CNC(=O)c2cc(OCc3cc(F)cc(F)c3)ccc2Cl)cc1. The van der Waals surface area contributed by atoms with Gasteiger partial charge in [-0.3, -0.25) is 4.79 Å². The Morgan fingerprint density at radius 3 is 2.23 bits per heavy atom. The van der Waals surface area contributed by atoms with E-state index in [2.05, 4.69) is 5.32 Å². The van der Waals surface area contributed by atoms with Gasteiger partial charge in [0.2, 0.25) is 0 Å². The second-order valence-corrected chi connectivity index (χ2v) is 6.80. The zero-order valence-corrected chi connectivity index (χ0v) is 16.2. The summed E-state index contributed by atoms with van der Waals surface area (Å²) >= 11 is 6.11. The normalized spacial score (nSPS) is 10.5. The quantitative estimate of drug-likeness (QED) is 0.562. The van der Waals surface area contributed by atoms with Crippen LogP contribution in [0.5, 0.6) is 5.75 Å². The summed E-state index contributed by atoms with van der Waals surface area (Å²) in [5.74, 6) is -2.60. The summed E-state index contributed by atoms with van der Waals surface area (Å²) in [5, 5.41) is 11.8. The number of carbonyl (C=O) groups excluding carboxylic acids is 1. The maximum Gasteiger partial charge on any atom is 0.335 e. The summed E-state index contributed by atoms with van der Waals surface area (Å²) in [6.07, 6.45) is 0. The van der Waals surface area contributed by atoms with Gasteiger partial charge in [-0.2, -0.15) is 0 Å². The molecule has 154 valence electrons. The van der Waals surface area contributed by atoms with Crippen molar-refractivity contribution in [2.45, 2.75) is 13.2 Å². The predicted molar refractivity (Wildman–Crippen MR) is 107 cm³/mol. The summed E-state index contributed by atoms with van der Waals surface area (Å²) in [5.41, 5.74) is 1.33. The molecule has 0 unspecified atom stereocenters. The molecule has 0 saturated carbocycles. The molecule has 0 aromatic heterocycles. The maximum absolute atomic E-state index is 13.3. The molecule has 8 heteroatoms. The van der Waals surface area contributed by atoms with Crippen molar-refractivity contribution in [2.75, 3.05) is 0 Å². The minimum atomic E-state index is -1.03. The molecular weight excluding hydrogens is 416 g/mol. The maximum atomic E-state index is 13.3. The van der Waals surface area contributed by atoms with Crippen molar-refractivity contribution in [1.82, 2.24) is 5.32 Å². The molecule has 0 aliphatic rings. The predicted octanol–water partition coefficient (Wildman–Crippen LogP) is 4.83. The van der Waals surface area contributed by atoms with E-state index in [-0.39, 0.29) is 29.3 Å². The third kappa shape index (κ3) is 5.55. The van der Waals surface area contributed by atoms with E-state index in [0.29, 0.717) is 16.9 Å². The van der Waals surface area contributed by atoms with E-state index in [0.717, 1.165) is 18.2 Å². The zero-order chi connectivity index (χ0) is 21.7. The molecular formula is C22H16ClF2NO4. The summed E-state index contributed by atoms with van der Waals surface area (Å²) < 4.78 is 32.1. The summed E-state index contributed by atoms with van der Waals surface area (Å²) in [6.45, 7) is 0.0794. The summed E-state index contributed by atoms with van der Waals surface area (Å²) in [6, 6.07) is 13.6. The second kappa shape index (κ2) is 9.37. The Balaban J connectivity index is 1.64. The van der Waals surface area contributed by atoms with E-state index >= 15 is 0 Å². The van der Waals surface area contributed by atoms with Crippen LogP contribution >= 0.6 is 11.6 Å². The van der Waals surface area contributed by atoms with Crippen LogP contribution < -0.4 is 10.1 Å². The minimum absolute atomic E-state index is 0.0900. The summed E-state index contributed by atoms with van der Waals surface area (Å²) in [7, 11) is 0. The molecule has 30 heavy (non-hydrogen) atoms. The Morgan fingerprint density at radius 1 is 0.933 bits per heavy atom. The first-order valence-electron chi connectivity index (χ1n) is 8.79. The fourth-order valence-electron chi connectivity index (χ4n) is 2.67. The van der Waals surface area contributed by atoms with E-state index in [9.17, 15) is 18.4 Å². The van der Waals surface area contributed by atoms with Gasteiger partial charge in [-0.05, 0) is 53.6 Å². The van der Waals surface area contributed by atoms with Crippen LogP contribution in [0.25, 0.3) is 0 Å². The zero-order valence-electron chi connectivity index (χ0n) is 15.5. The Hall–Kier alpha value is -3.45. The number of halogens is 3. The van der Waals surface area contributed by atoms with Crippen LogP contribution in [0.15, 0.2) is 60.7 Å². The Kier molecular flexibility index (Phi) is 6.64. The molecule has 0 saturated heterocycles. The van der Waals surface area contributed by atoms with Crippen molar-refractivity contribution in [1.29, 1.82) is 0 Å². The van der Waals surface area contributed by atoms with Gasteiger partial charge in [-0.1, -0.05) is 23.7 Å². The first-order chi connectivity index (χ1) is 14.3. The van der Waals surface area contributed by atoms with Gasteiger partial charge in [0, 0.05) is 12.6 Å². The molecule has 0 bridgehead atoms. The fourth-order valence-corrected chi connectivity index (χ4v) is 2.88. The van der Waals surface area contributed by atoms with Crippen LogP contribution in [0.4, 0.5) is 8.78 Å². The van der Waals surface area contributed by atoms with Gasteiger partial charge in [-0.15, -0.1) is 0 Å². The van der Waals surface area contributed by atoms with Crippen LogP contribution in [0.3, 0.4) is 0 Å². The first-order valence-corrected chi connectivity index (χ1v) is 9.17. The van der Waals surface area contributed by atoms with Gasteiger partial charge in [0.25, 0.3) is 5.91 Å². The van der Waals surface area contributed by atoms with Gasteiger partial charge in [0.1, 0.15) is 24.0 Å². The molecule has 5 nitrogen and oxygen atoms in total. The van der Waals surface area contributed by atoms with Crippen molar-refractivity contribution < 1.29 is 28.2 Å². The number of carbonyl (C=O) groups is 2. The van der Waals surface area contributed by atoms with Crippen molar-refractivity contribution >= 4 is 23.5 Å². The average Bonchev–Trinajstić information content (AvgIpc) is 2.71. The van der Waals surface area contributed by atoms with Gasteiger partial charge in [-0.25, -0.2) is 13.6 Å². The number of benzene rings is 3. The number of nitrogens with one attached hydrogen (secondary N) is 1. The lowest BCUT2D eigenvalue weighted by Crippen LogP contribution is -2.23. The lowest BCUT2D eigenvalue weighted by Gasteiger charge is -2.11. The van der Waals surface area contributed by atoms with Gasteiger partial charge in [0.15, 0.2) is 0 Å². The minimum Gasteiger partial charge on any atom is -0.489 e. The summed E-state index contributed by atoms with van der Waals surface area (Å²) in [4.78, 5) is 23.4. The largest absolute Gasteiger partial charge is 0.489 e. The Bertz CT molecular complexity index is 1070. The molecule has 0 aliphatic heterocycles. The Labute approximate surface area is 175 Å². The number of rotatable bonds is 7. The molecule has 0 heterocycles. The lowest BCUT2D eigenvalue weighted by atomic mass is 10.1. The monoisotopic (exact) mass is 431 g/mol. The van der Waals surface area contributed by atoms with Gasteiger partial charge >= 0.3 is 5.97 Å². The number of ether oxygens (including phenoxy) is 1. The second-order valence-electron chi connectivity index (χ2n) is 6.39. The van der Waals surface area contributed by atoms with E-state index < -0.39 is 23.5 Å². The highest BCUT2D eigenvalue weighted by Gasteiger charge is 2.12. The first kappa shape index (κ1) is 21.3. The van der Waals surface area contributed by atoms with Crippen molar-refractivity contribution in [3.63, 3.8) is 0 Å². The van der Waals surface area contributed by atoms with Crippen LogP contribution in [0, 0.1) is 11.6 Å². The highest BCUT2D eigenvalue weighted by atomic mass is 35.5. The fraction of sp³-hybridized carbons (Fsp3) is 0.0909. The standard InChI is InChI=1S/C22H16ClF2NO4/c23-20-6-5-18(30-12-14-7-16(24)9-17(25)8-14)10-19(20)21(27)26-11-13-1-3-15(4-2-13)22(28)29/h1-10H,11-12H2,(H,26,27)(H,28,29). The molecule has 0 fully saturated rings. The number of aromatic carboxylic acids is 1. The smallest absolute Gasteiger partial charge is 0.335 e. The van der Waals surface area contributed by atoms with Crippen molar-refractivity contribution in [3.05, 3.63) is 99.6 Å². The Morgan fingerprint density at radius 2 is 1.60 bits per heavy atom. The third-order valence-corrected chi connectivity index (χ3v) is 4.49. The van der Waals surface area contributed by atoms with Crippen LogP contribution in [-0.4, -0.2) is 17.0 Å². The van der Waals surface area contributed by atoms with Crippen molar-refractivity contribution in [2.24, 2.45) is 0 Å². The van der Waals surface area contributed by atoms with Crippen molar-refractivity contribution in [3.8, 4) is 5.75 Å². The van der Waals surface area contributed by atoms with E-state index in [1.807, 2.05) is 0 Å². The molecule has 1 amide bonds. The molecule has 0 radical (unpaired) electrons. The van der Waals surface area contributed by atoms with E-state index in [1.165, 1.54) is 24.3 Å². The number of carboxylic acids is 1. The van der Waals surface area contributed by atoms with E-state index in [1.54, 1.807) is 18.2 Å². The number of hydrogen-bond acceptors (Lipinski definition) is 3.